The third-order valence-corrected chi connectivity index (χ3v) is 7.23. The molecular weight excluding hydrogens is 368 g/mol. The van der Waals surface area contributed by atoms with Gasteiger partial charge < -0.3 is 14.3 Å². The minimum Gasteiger partial charge on any atom is -0.383 e. The number of hydrogen-bond donors (Lipinski definition) is 0. The first kappa shape index (κ1) is 19.9. The Balaban J connectivity index is 1.72. The number of aryl methyl sites for hydroxylation is 1. The zero-order chi connectivity index (χ0) is 19.6. The van der Waals surface area contributed by atoms with Crippen molar-refractivity contribution in [2.75, 3.05) is 40.3 Å². The minimum atomic E-state index is -3.71. The third-order valence-electron chi connectivity index (χ3n) is 5.18. The SMILES string of the molecule is Cc1noc(C=CN(C)C)c1S(=O)(=O)N1CCC(C(=O)N2CCCC2)CC1. The van der Waals surface area contributed by atoms with Gasteiger partial charge in [-0.3, -0.25) is 4.79 Å². The fourth-order valence-electron chi connectivity index (χ4n) is 3.68. The van der Waals surface area contributed by atoms with Crippen molar-refractivity contribution in [1.29, 1.82) is 0 Å². The number of nitrogens with zero attached hydrogens (tertiary/aromatic N) is 4. The molecule has 0 spiro atoms. The predicted octanol–water partition coefficient (Wildman–Crippen LogP) is 1.54. The summed E-state index contributed by atoms with van der Waals surface area (Å²) in [5.74, 6) is 0.336. The van der Waals surface area contributed by atoms with Crippen LogP contribution in [0.2, 0.25) is 0 Å². The van der Waals surface area contributed by atoms with E-state index in [1.54, 1.807) is 24.1 Å². The van der Waals surface area contributed by atoms with E-state index in [9.17, 15) is 13.2 Å². The van der Waals surface area contributed by atoms with Crippen LogP contribution in [0.4, 0.5) is 0 Å². The summed E-state index contributed by atoms with van der Waals surface area (Å²) < 4.78 is 33.0. The molecule has 3 rings (SSSR count). The van der Waals surface area contributed by atoms with Gasteiger partial charge in [-0.05, 0) is 32.6 Å². The minimum absolute atomic E-state index is 0.0776. The van der Waals surface area contributed by atoms with Crippen LogP contribution in [0.5, 0.6) is 0 Å². The highest BCUT2D eigenvalue weighted by Gasteiger charge is 2.37. The number of piperidine rings is 1. The number of aromatic nitrogens is 1. The molecule has 1 aromatic heterocycles. The fraction of sp³-hybridized carbons (Fsp3) is 0.667. The normalized spacial score (nSPS) is 19.9. The van der Waals surface area contributed by atoms with E-state index < -0.39 is 10.0 Å². The Bertz CT molecular complexity index is 801. The van der Waals surface area contributed by atoms with Crippen molar-refractivity contribution >= 4 is 22.0 Å². The molecular formula is C18H28N4O4S. The fourth-order valence-corrected chi connectivity index (χ4v) is 5.40. The quantitative estimate of drug-likeness (QED) is 0.750. The summed E-state index contributed by atoms with van der Waals surface area (Å²) >= 11 is 0. The Hall–Kier alpha value is -1.87. The largest absolute Gasteiger partial charge is 0.383 e. The highest BCUT2D eigenvalue weighted by atomic mass is 32.2. The first-order valence-electron chi connectivity index (χ1n) is 9.40. The van der Waals surface area contributed by atoms with E-state index in [0.29, 0.717) is 31.6 Å². The van der Waals surface area contributed by atoms with Gasteiger partial charge in [0.15, 0.2) is 10.7 Å². The number of carbonyl (C=O) groups excluding carboxylic acids is 1. The molecule has 8 nitrogen and oxygen atoms in total. The van der Waals surface area contributed by atoms with Gasteiger partial charge in [-0.2, -0.15) is 4.31 Å². The maximum Gasteiger partial charge on any atom is 0.248 e. The monoisotopic (exact) mass is 396 g/mol. The molecule has 2 aliphatic heterocycles. The van der Waals surface area contributed by atoms with Crippen molar-refractivity contribution in [1.82, 2.24) is 19.3 Å². The first-order valence-corrected chi connectivity index (χ1v) is 10.8. The highest BCUT2D eigenvalue weighted by Crippen LogP contribution is 2.29. The summed E-state index contributed by atoms with van der Waals surface area (Å²) in [4.78, 5) is 16.4. The average Bonchev–Trinajstić information content (AvgIpc) is 3.29. The molecule has 2 saturated heterocycles. The van der Waals surface area contributed by atoms with Gasteiger partial charge in [-0.1, -0.05) is 5.16 Å². The van der Waals surface area contributed by atoms with Crippen LogP contribution < -0.4 is 0 Å². The molecule has 0 atom stereocenters. The number of sulfonamides is 1. The predicted molar refractivity (Wildman–Crippen MR) is 101 cm³/mol. The summed E-state index contributed by atoms with van der Waals surface area (Å²) in [6.45, 7) is 3.98. The number of carbonyl (C=O) groups is 1. The van der Waals surface area contributed by atoms with Crippen LogP contribution in [-0.2, 0) is 14.8 Å². The van der Waals surface area contributed by atoms with Crippen molar-refractivity contribution in [2.24, 2.45) is 5.92 Å². The Morgan fingerprint density at radius 2 is 1.81 bits per heavy atom. The lowest BCUT2D eigenvalue weighted by atomic mass is 9.97. The number of hydrogen-bond acceptors (Lipinski definition) is 6. The molecule has 0 bridgehead atoms. The van der Waals surface area contributed by atoms with Crippen LogP contribution >= 0.6 is 0 Å². The van der Waals surface area contributed by atoms with E-state index in [0.717, 1.165) is 25.9 Å². The molecule has 2 fully saturated rings. The average molecular weight is 397 g/mol. The topological polar surface area (TPSA) is 87.0 Å². The molecule has 150 valence electrons. The van der Waals surface area contributed by atoms with E-state index in [1.807, 2.05) is 19.0 Å². The lowest BCUT2D eigenvalue weighted by Gasteiger charge is -2.32. The molecule has 9 heteroatoms. The Labute approximate surface area is 160 Å². The lowest BCUT2D eigenvalue weighted by Crippen LogP contribution is -2.43. The first-order chi connectivity index (χ1) is 12.8. The van der Waals surface area contributed by atoms with Gasteiger partial charge in [-0.25, -0.2) is 8.42 Å². The van der Waals surface area contributed by atoms with Gasteiger partial charge in [0.05, 0.1) is 0 Å². The van der Waals surface area contributed by atoms with Crippen molar-refractivity contribution in [3.05, 3.63) is 17.7 Å². The van der Waals surface area contributed by atoms with E-state index in [1.165, 1.54) is 4.31 Å². The molecule has 0 unspecified atom stereocenters. The summed E-state index contributed by atoms with van der Waals surface area (Å²) in [5, 5.41) is 3.84. The number of likely N-dealkylation sites (tertiary alicyclic amines) is 1. The van der Waals surface area contributed by atoms with Crippen molar-refractivity contribution in [3.63, 3.8) is 0 Å². The van der Waals surface area contributed by atoms with Crippen LogP contribution in [0, 0.1) is 12.8 Å². The van der Waals surface area contributed by atoms with Gasteiger partial charge in [0.25, 0.3) is 0 Å². The molecule has 0 aliphatic carbocycles. The van der Waals surface area contributed by atoms with Crippen LogP contribution in [0.15, 0.2) is 15.6 Å². The number of amides is 1. The molecule has 0 radical (unpaired) electrons. The van der Waals surface area contributed by atoms with Crippen LogP contribution in [0.25, 0.3) is 6.08 Å². The molecule has 0 aromatic carbocycles. The second-order valence-corrected chi connectivity index (χ2v) is 9.33. The lowest BCUT2D eigenvalue weighted by molar-refractivity contribution is -0.135. The van der Waals surface area contributed by atoms with Crippen molar-refractivity contribution in [3.8, 4) is 0 Å². The third kappa shape index (κ3) is 4.19. The van der Waals surface area contributed by atoms with Gasteiger partial charge in [0.2, 0.25) is 15.9 Å². The van der Waals surface area contributed by atoms with Gasteiger partial charge in [0, 0.05) is 58.5 Å². The zero-order valence-electron chi connectivity index (χ0n) is 16.2. The maximum atomic E-state index is 13.2. The molecule has 27 heavy (non-hydrogen) atoms. The van der Waals surface area contributed by atoms with Crippen LogP contribution in [0.3, 0.4) is 0 Å². The van der Waals surface area contributed by atoms with Crippen molar-refractivity contribution < 1.29 is 17.7 Å². The molecule has 3 heterocycles. The van der Waals surface area contributed by atoms with Crippen LogP contribution in [0.1, 0.15) is 37.1 Å². The molecule has 0 N–H and O–H groups in total. The maximum absolute atomic E-state index is 13.2. The van der Waals surface area contributed by atoms with Gasteiger partial charge >= 0.3 is 0 Å². The molecule has 0 saturated carbocycles. The highest BCUT2D eigenvalue weighted by molar-refractivity contribution is 7.89. The van der Waals surface area contributed by atoms with E-state index >= 15 is 0 Å². The number of rotatable bonds is 5. The second-order valence-electron chi connectivity index (χ2n) is 7.45. The van der Waals surface area contributed by atoms with Crippen molar-refractivity contribution in [2.45, 2.75) is 37.5 Å². The smallest absolute Gasteiger partial charge is 0.248 e. The zero-order valence-corrected chi connectivity index (χ0v) is 17.0. The summed E-state index contributed by atoms with van der Waals surface area (Å²) in [5.41, 5.74) is 0.351. The summed E-state index contributed by atoms with van der Waals surface area (Å²) in [6, 6.07) is 0. The van der Waals surface area contributed by atoms with E-state index in [2.05, 4.69) is 5.16 Å². The Kier molecular flexibility index (Phi) is 5.90. The van der Waals surface area contributed by atoms with Gasteiger partial charge in [-0.15, -0.1) is 0 Å². The second kappa shape index (κ2) is 8.02. The van der Waals surface area contributed by atoms with E-state index in [4.69, 9.17) is 4.52 Å². The van der Waals surface area contributed by atoms with Gasteiger partial charge in [0.1, 0.15) is 5.69 Å². The summed E-state index contributed by atoms with van der Waals surface area (Å²) in [6.07, 6.45) is 6.57. The Morgan fingerprint density at radius 3 is 2.41 bits per heavy atom. The summed E-state index contributed by atoms with van der Waals surface area (Å²) in [7, 11) is -0.0270. The van der Waals surface area contributed by atoms with E-state index in [-0.39, 0.29) is 22.5 Å². The van der Waals surface area contributed by atoms with Crippen LogP contribution in [-0.4, -0.2) is 73.9 Å². The molecule has 2 aliphatic rings. The molecule has 1 amide bonds. The molecule has 1 aromatic rings. The Morgan fingerprint density at radius 1 is 1.19 bits per heavy atom. The standard InChI is InChI=1S/C18H28N4O4S/c1-14-17(16(26-19-14)8-11-20(2)3)27(24,25)22-12-6-15(7-13-22)18(23)21-9-4-5-10-21/h8,11,15H,4-7,9-10,12-13H2,1-3H3.